The zero-order chi connectivity index (χ0) is 15.5. The normalized spacial score (nSPS) is 14.5. The number of hydrogen-bond donors (Lipinski definition) is 2. The molecule has 0 spiro atoms. The molecule has 0 saturated heterocycles. The Morgan fingerprint density at radius 3 is 2.91 bits per heavy atom. The number of anilines is 1. The summed E-state index contributed by atoms with van der Waals surface area (Å²) < 4.78 is 5.27. The number of amides is 1. The molecule has 0 bridgehead atoms. The lowest BCUT2D eigenvalue weighted by Crippen LogP contribution is -2.28. The van der Waals surface area contributed by atoms with Gasteiger partial charge in [0.05, 0.1) is 18.5 Å². The van der Waals surface area contributed by atoms with Crippen molar-refractivity contribution >= 4 is 11.6 Å². The van der Waals surface area contributed by atoms with Crippen molar-refractivity contribution in [3.8, 4) is 17.0 Å². The van der Waals surface area contributed by atoms with E-state index in [4.69, 9.17) is 4.74 Å². The van der Waals surface area contributed by atoms with Gasteiger partial charge in [-0.1, -0.05) is 25.5 Å². The number of benzene rings is 1. The largest absolute Gasteiger partial charge is 0.497 e. The molecule has 2 N–H and O–H groups in total. The minimum absolute atomic E-state index is 0.103. The van der Waals surface area contributed by atoms with Gasteiger partial charge in [0.1, 0.15) is 11.4 Å². The van der Waals surface area contributed by atoms with Crippen molar-refractivity contribution in [2.75, 3.05) is 12.4 Å². The number of carbonyl (C=O) groups excluding carboxylic acids is 1. The molecule has 0 atom stereocenters. The van der Waals surface area contributed by atoms with Crippen molar-refractivity contribution in [1.82, 2.24) is 10.2 Å². The van der Waals surface area contributed by atoms with Crippen LogP contribution in [0.25, 0.3) is 11.3 Å². The van der Waals surface area contributed by atoms with Crippen LogP contribution in [0.2, 0.25) is 0 Å². The predicted molar refractivity (Wildman–Crippen MR) is 85.9 cm³/mol. The zero-order valence-electron chi connectivity index (χ0n) is 13.0. The van der Waals surface area contributed by atoms with E-state index in [2.05, 4.69) is 15.5 Å². The third-order valence-corrected chi connectivity index (χ3v) is 4.26. The first-order chi connectivity index (χ1) is 10.7. The molecule has 0 radical (unpaired) electrons. The number of methoxy groups -OCH3 is 1. The van der Waals surface area contributed by atoms with E-state index >= 15 is 0 Å². The molecule has 1 saturated carbocycles. The van der Waals surface area contributed by atoms with Gasteiger partial charge in [-0.15, -0.1) is 0 Å². The number of nitrogens with one attached hydrogen (secondary N) is 2. The SMILES string of the molecule is CCc1[nH]nc(-c2cccc(OC)c2)c1NC(=O)C1CCC1. The minimum Gasteiger partial charge on any atom is -0.497 e. The highest BCUT2D eigenvalue weighted by Crippen LogP contribution is 2.33. The van der Waals surface area contributed by atoms with Crippen molar-refractivity contribution in [3.63, 3.8) is 0 Å². The van der Waals surface area contributed by atoms with E-state index in [1.54, 1.807) is 7.11 Å². The van der Waals surface area contributed by atoms with Gasteiger partial charge < -0.3 is 10.1 Å². The number of aryl methyl sites for hydroxylation is 1. The van der Waals surface area contributed by atoms with Crippen LogP contribution in [-0.4, -0.2) is 23.2 Å². The van der Waals surface area contributed by atoms with Crippen LogP contribution in [0.15, 0.2) is 24.3 Å². The molecular weight excluding hydrogens is 278 g/mol. The van der Waals surface area contributed by atoms with Crippen molar-refractivity contribution < 1.29 is 9.53 Å². The summed E-state index contributed by atoms with van der Waals surface area (Å²) >= 11 is 0. The van der Waals surface area contributed by atoms with Crippen molar-refractivity contribution in [2.45, 2.75) is 32.6 Å². The van der Waals surface area contributed by atoms with Crippen molar-refractivity contribution in [3.05, 3.63) is 30.0 Å². The minimum atomic E-state index is 0.103. The summed E-state index contributed by atoms with van der Waals surface area (Å²) in [7, 11) is 1.64. The van der Waals surface area contributed by atoms with E-state index in [0.717, 1.165) is 54.1 Å². The van der Waals surface area contributed by atoms with Gasteiger partial charge in [-0.2, -0.15) is 5.10 Å². The smallest absolute Gasteiger partial charge is 0.227 e. The number of nitrogens with zero attached hydrogens (tertiary/aromatic N) is 1. The van der Waals surface area contributed by atoms with Crippen LogP contribution in [0.3, 0.4) is 0 Å². The molecule has 1 heterocycles. The van der Waals surface area contributed by atoms with Crippen LogP contribution < -0.4 is 10.1 Å². The summed E-state index contributed by atoms with van der Waals surface area (Å²) in [6.07, 6.45) is 3.91. The Morgan fingerprint density at radius 1 is 1.45 bits per heavy atom. The first-order valence-electron chi connectivity index (χ1n) is 7.75. The topological polar surface area (TPSA) is 67.0 Å². The first kappa shape index (κ1) is 14.6. The second kappa shape index (κ2) is 6.22. The average molecular weight is 299 g/mol. The fourth-order valence-corrected chi connectivity index (χ4v) is 2.64. The second-order valence-electron chi connectivity index (χ2n) is 5.63. The fraction of sp³-hybridized carbons (Fsp3) is 0.412. The van der Waals surface area contributed by atoms with Crippen molar-refractivity contribution in [2.24, 2.45) is 5.92 Å². The summed E-state index contributed by atoms with van der Waals surface area (Å²) in [6, 6.07) is 7.71. The standard InChI is InChI=1S/C17H21N3O2/c1-3-14-16(18-17(21)11-6-4-7-11)15(20-19-14)12-8-5-9-13(10-12)22-2/h5,8-11H,3-4,6-7H2,1-2H3,(H,18,21)(H,19,20). The van der Waals surface area contributed by atoms with Gasteiger partial charge in [-0.25, -0.2) is 0 Å². The lowest BCUT2D eigenvalue weighted by atomic mass is 9.84. The average Bonchev–Trinajstić information content (AvgIpc) is 2.88. The third-order valence-electron chi connectivity index (χ3n) is 4.26. The molecule has 1 aliphatic carbocycles. The van der Waals surface area contributed by atoms with Crippen molar-refractivity contribution in [1.29, 1.82) is 0 Å². The van der Waals surface area contributed by atoms with Gasteiger partial charge in [0.15, 0.2) is 0 Å². The highest BCUT2D eigenvalue weighted by atomic mass is 16.5. The van der Waals surface area contributed by atoms with Gasteiger partial charge >= 0.3 is 0 Å². The molecule has 5 heteroatoms. The van der Waals surface area contributed by atoms with E-state index < -0.39 is 0 Å². The molecular formula is C17H21N3O2. The molecule has 1 aromatic carbocycles. The maximum atomic E-state index is 12.3. The molecule has 3 rings (SSSR count). The monoisotopic (exact) mass is 299 g/mol. The zero-order valence-corrected chi connectivity index (χ0v) is 13.0. The lowest BCUT2D eigenvalue weighted by Gasteiger charge is -2.24. The Labute approximate surface area is 130 Å². The molecule has 0 unspecified atom stereocenters. The number of aromatic amines is 1. The van der Waals surface area contributed by atoms with E-state index in [-0.39, 0.29) is 11.8 Å². The molecule has 1 amide bonds. The Balaban J connectivity index is 1.93. The van der Waals surface area contributed by atoms with Crippen LogP contribution in [-0.2, 0) is 11.2 Å². The molecule has 1 fully saturated rings. The summed E-state index contributed by atoms with van der Waals surface area (Å²) in [6.45, 7) is 2.04. The molecule has 0 aliphatic heterocycles. The van der Waals surface area contributed by atoms with E-state index in [9.17, 15) is 4.79 Å². The number of hydrogen-bond acceptors (Lipinski definition) is 3. The maximum absolute atomic E-state index is 12.3. The van der Waals surface area contributed by atoms with E-state index in [0.29, 0.717) is 0 Å². The van der Waals surface area contributed by atoms with Crippen LogP contribution in [0.5, 0.6) is 5.75 Å². The summed E-state index contributed by atoms with van der Waals surface area (Å²) in [5.74, 6) is 1.03. The molecule has 1 aliphatic rings. The van der Waals surface area contributed by atoms with Gasteiger partial charge in [0.2, 0.25) is 5.91 Å². The van der Waals surface area contributed by atoms with Crippen LogP contribution in [0, 0.1) is 5.92 Å². The third kappa shape index (κ3) is 2.71. The fourth-order valence-electron chi connectivity index (χ4n) is 2.64. The van der Waals surface area contributed by atoms with Gasteiger partial charge in [0.25, 0.3) is 0 Å². The first-order valence-corrected chi connectivity index (χ1v) is 7.75. The molecule has 22 heavy (non-hydrogen) atoms. The predicted octanol–water partition coefficient (Wildman–Crippen LogP) is 3.39. The number of ether oxygens (including phenoxy) is 1. The molecule has 5 nitrogen and oxygen atoms in total. The summed E-state index contributed by atoms with van der Waals surface area (Å²) in [5, 5.41) is 10.5. The van der Waals surface area contributed by atoms with Gasteiger partial charge in [-0.05, 0) is 31.4 Å². The number of carbonyl (C=O) groups is 1. The second-order valence-corrected chi connectivity index (χ2v) is 5.63. The summed E-state index contributed by atoms with van der Waals surface area (Å²) in [5.41, 5.74) is 3.45. The Hall–Kier alpha value is -2.30. The number of H-pyrrole nitrogens is 1. The molecule has 2 aromatic rings. The van der Waals surface area contributed by atoms with E-state index in [1.807, 2.05) is 31.2 Å². The molecule has 116 valence electrons. The Bertz CT molecular complexity index is 674. The van der Waals surface area contributed by atoms with Gasteiger partial charge in [-0.3, -0.25) is 9.89 Å². The van der Waals surface area contributed by atoms with Crippen LogP contribution >= 0.6 is 0 Å². The maximum Gasteiger partial charge on any atom is 0.227 e. The lowest BCUT2D eigenvalue weighted by molar-refractivity contribution is -0.122. The molecule has 1 aromatic heterocycles. The quantitative estimate of drug-likeness (QED) is 0.889. The highest BCUT2D eigenvalue weighted by molar-refractivity contribution is 5.97. The Kier molecular flexibility index (Phi) is 4.13. The van der Waals surface area contributed by atoms with Crippen LogP contribution in [0.4, 0.5) is 5.69 Å². The summed E-state index contributed by atoms with van der Waals surface area (Å²) in [4.78, 5) is 12.3. The number of aromatic nitrogens is 2. The Morgan fingerprint density at radius 2 is 2.27 bits per heavy atom. The van der Waals surface area contributed by atoms with Gasteiger partial charge in [0, 0.05) is 11.5 Å². The van der Waals surface area contributed by atoms with E-state index in [1.165, 1.54) is 0 Å². The highest BCUT2D eigenvalue weighted by Gasteiger charge is 2.27. The number of rotatable bonds is 5. The van der Waals surface area contributed by atoms with Crippen LogP contribution in [0.1, 0.15) is 31.9 Å².